The van der Waals surface area contributed by atoms with Crippen LogP contribution >= 0.6 is 11.6 Å². The number of ether oxygens (including phenoxy) is 1. The van der Waals surface area contributed by atoms with Gasteiger partial charge in [-0.1, -0.05) is 57.0 Å². The first kappa shape index (κ1) is 23.9. The van der Waals surface area contributed by atoms with Gasteiger partial charge in [-0.25, -0.2) is 0 Å². The van der Waals surface area contributed by atoms with Crippen LogP contribution < -0.4 is 4.74 Å². The first-order chi connectivity index (χ1) is 15.5. The quantitative estimate of drug-likeness (QED) is 0.304. The van der Waals surface area contributed by atoms with Crippen molar-refractivity contribution in [1.82, 2.24) is 9.47 Å². The van der Waals surface area contributed by atoms with Crippen molar-refractivity contribution in [2.24, 2.45) is 5.92 Å². The molecule has 0 radical (unpaired) electrons. The highest BCUT2D eigenvalue weighted by Crippen LogP contribution is 2.20. The SMILES string of the molecule is CCCCOc1ccc(C(=O)N(Cc2cccn2Cc2ccccc2Cl)CC(C)C)cc1. The van der Waals surface area contributed by atoms with Crippen LogP contribution in [0.15, 0.2) is 66.9 Å². The van der Waals surface area contributed by atoms with Crippen LogP contribution in [0.5, 0.6) is 5.75 Å². The van der Waals surface area contributed by atoms with Crippen LogP contribution in [0.3, 0.4) is 0 Å². The molecule has 1 amide bonds. The average molecular weight is 453 g/mol. The number of nitrogens with zero attached hydrogens (tertiary/aromatic N) is 2. The van der Waals surface area contributed by atoms with E-state index in [1.54, 1.807) is 0 Å². The fourth-order valence-electron chi connectivity index (χ4n) is 3.62. The van der Waals surface area contributed by atoms with Crippen molar-refractivity contribution in [3.05, 3.63) is 88.7 Å². The molecule has 1 aromatic heterocycles. The molecule has 170 valence electrons. The van der Waals surface area contributed by atoms with Gasteiger partial charge in [0.15, 0.2) is 0 Å². The lowest BCUT2D eigenvalue weighted by atomic mass is 10.1. The van der Waals surface area contributed by atoms with Crippen molar-refractivity contribution in [2.45, 2.75) is 46.7 Å². The second-order valence-corrected chi connectivity index (χ2v) is 8.93. The predicted molar refractivity (Wildman–Crippen MR) is 131 cm³/mol. The van der Waals surface area contributed by atoms with Crippen molar-refractivity contribution in [1.29, 1.82) is 0 Å². The minimum absolute atomic E-state index is 0.0318. The maximum absolute atomic E-state index is 13.4. The van der Waals surface area contributed by atoms with Crippen LogP contribution in [0, 0.1) is 5.92 Å². The van der Waals surface area contributed by atoms with Gasteiger partial charge in [0.1, 0.15) is 5.75 Å². The van der Waals surface area contributed by atoms with Gasteiger partial charge in [0.05, 0.1) is 13.2 Å². The summed E-state index contributed by atoms with van der Waals surface area (Å²) in [6.07, 6.45) is 4.16. The molecule has 1 heterocycles. The van der Waals surface area contributed by atoms with E-state index in [9.17, 15) is 4.79 Å². The van der Waals surface area contributed by atoms with E-state index in [2.05, 4.69) is 31.4 Å². The second kappa shape index (κ2) is 11.8. The monoisotopic (exact) mass is 452 g/mol. The van der Waals surface area contributed by atoms with Gasteiger partial charge in [-0.15, -0.1) is 0 Å². The number of hydrogen-bond acceptors (Lipinski definition) is 2. The van der Waals surface area contributed by atoms with E-state index in [1.807, 2.05) is 65.7 Å². The number of rotatable bonds is 11. The summed E-state index contributed by atoms with van der Waals surface area (Å²) in [7, 11) is 0. The summed E-state index contributed by atoms with van der Waals surface area (Å²) < 4.78 is 7.89. The Bertz CT molecular complexity index is 995. The van der Waals surface area contributed by atoms with Crippen LogP contribution in [0.1, 0.15) is 55.2 Å². The minimum atomic E-state index is 0.0318. The van der Waals surface area contributed by atoms with Crippen LogP contribution in [0.4, 0.5) is 0 Å². The van der Waals surface area contributed by atoms with Crippen molar-refractivity contribution in [2.75, 3.05) is 13.2 Å². The van der Waals surface area contributed by atoms with E-state index >= 15 is 0 Å². The number of carbonyl (C=O) groups is 1. The van der Waals surface area contributed by atoms with Gasteiger partial charge >= 0.3 is 0 Å². The molecule has 0 fully saturated rings. The van der Waals surface area contributed by atoms with Gasteiger partial charge in [0.2, 0.25) is 0 Å². The molecule has 0 spiro atoms. The van der Waals surface area contributed by atoms with E-state index in [0.29, 0.717) is 37.7 Å². The van der Waals surface area contributed by atoms with Gasteiger partial charge in [-0.2, -0.15) is 0 Å². The van der Waals surface area contributed by atoms with E-state index in [0.717, 1.165) is 34.9 Å². The summed E-state index contributed by atoms with van der Waals surface area (Å²) in [5, 5.41) is 0.753. The Morgan fingerprint density at radius 3 is 2.50 bits per heavy atom. The van der Waals surface area contributed by atoms with Crippen molar-refractivity contribution in [3.63, 3.8) is 0 Å². The Morgan fingerprint density at radius 2 is 1.81 bits per heavy atom. The number of amides is 1. The van der Waals surface area contributed by atoms with Crippen LogP contribution in [-0.2, 0) is 13.1 Å². The third-order valence-corrected chi connectivity index (χ3v) is 5.68. The molecule has 0 atom stereocenters. The zero-order chi connectivity index (χ0) is 22.9. The number of halogens is 1. The molecule has 2 aromatic carbocycles. The van der Waals surface area contributed by atoms with E-state index in [4.69, 9.17) is 16.3 Å². The normalized spacial score (nSPS) is 11.0. The molecule has 0 N–H and O–H groups in total. The standard InChI is InChI=1S/C27H33ClN2O2/c1-4-5-17-32-25-14-12-22(13-15-25)27(31)30(18-21(2)3)20-24-10-8-16-29(24)19-23-9-6-7-11-26(23)28/h6-16,21H,4-5,17-20H2,1-3H3. The van der Waals surface area contributed by atoms with Crippen molar-refractivity contribution < 1.29 is 9.53 Å². The highest BCUT2D eigenvalue weighted by molar-refractivity contribution is 6.31. The molecule has 0 aliphatic heterocycles. The topological polar surface area (TPSA) is 34.5 Å². The summed E-state index contributed by atoms with van der Waals surface area (Å²) in [6, 6.07) is 19.5. The largest absolute Gasteiger partial charge is 0.494 e. The lowest BCUT2D eigenvalue weighted by Crippen LogP contribution is -2.34. The molecule has 0 bridgehead atoms. The fourth-order valence-corrected chi connectivity index (χ4v) is 3.82. The third kappa shape index (κ3) is 6.64. The number of hydrogen-bond donors (Lipinski definition) is 0. The second-order valence-electron chi connectivity index (χ2n) is 8.52. The molecule has 0 aliphatic carbocycles. The first-order valence-electron chi connectivity index (χ1n) is 11.4. The first-order valence-corrected chi connectivity index (χ1v) is 11.7. The van der Waals surface area contributed by atoms with Crippen LogP contribution in [-0.4, -0.2) is 28.5 Å². The lowest BCUT2D eigenvalue weighted by Gasteiger charge is -2.26. The van der Waals surface area contributed by atoms with Gasteiger partial charge < -0.3 is 14.2 Å². The summed E-state index contributed by atoms with van der Waals surface area (Å²) in [5.74, 6) is 1.20. The summed E-state index contributed by atoms with van der Waals surface area (Å²) >= 11 is 6.36. The van der Waals surface area contributed by atoms with E-state index < -0.39 is 0 Å². The van der Waals surface area contributed by atoms with Gasteiger partial charge in [-0.3, -0.25) is 4.79 Å². The molecule has 0 saturated heterocycles. The van der Waals surface area contributed by atoms with Gasteiger partial charge in [-0.05, 0) is 60.4 Å². The number of unbranched alkanes of at least 4 members (excludes halogenated alkanes) is 1. The fraction of sp³-hybridized carbons (Fsp3) is 0.370. The van der Waals surface area contributed by atoms with Crippen molar-refractivity contribution in [3.8, 4) is 5.75 Å². The molecule has 4 nitrogen and oxygen atoms in total. The summed E-state index contributed by atoms with van der Waals surface area (Å²) in [5.41, 5.74) is 2.82. The number of carbonyl (C=O) groups excluding carboxylic acids is 1. The molecule has 3 aromatic rings. The third-order valence-electron chi connectivity index (χ3n) is 5.32. The van der Waals surface area contributed by atoms with Crippen molar-refractivity contribution >= 4 is 17.5 Å². The summed E-state index contributed by atoms with van der Waals surface area (Å²) in [4.78, 5) is 15.3. The zero-order valence-electron chi connectivity index (χ0n) is 19.3. The van der Waals surface area contributed by atoms with Crippen LogP contribution in [0.25, 0.3) is 0 Å². The average Bonchev–Trinajstić information content (AvgIpc) is 3.21. The smallest absolute Gasteiger partial charge is 0.254 e. The molecule has 0 aliphatic rings. The Kier molecular flexibility index (Phi) is 8.81. The van der Waals surface area contributed by atoms with Gasteiger partial charge in [0, 0.05) is 35.6 Å². The molecule has 3 rings (SSSR count). The predicted octanol–water partition coefficient (Wildman–Crippen LogP) is 6.67. The maximum Gasteiger partial charge on any atom is 0.254 e. The summed E-state index contributed by atoms with van der Waals surface area (Å²) in [6.45, 7) is 9.01. The lowest BCUT2D eigenvalue weighted by molar-refractivity contribution is 0.0718. The molecular formula is C27H33ClN2O2. The maximum atomic E-state index is 13.4. The zero-order valence-corrected chi connectivity index (χ0v) is 20.0. The Balaban J connectivity index is 1.74. The minimum Gasteiger partial charge on any atom is -0.494 e. The highest BCUT2D eigenvalue weighted by atomic mass is 35.5. The Labute approximate surface area is 196 Å². The molecule has 0 saturated carbocycles. The number of aromatic nitrogens is 1. The Hall–Kier alpha value is -2.72. The van der Waals surface area contributed by atoms with E-state index in [1.165, 1.54) is 0 Å². The van der Waals surface area contributed by atoms with Crippen LogP contribution in [0.2, 0.25) is 5.02 Å². The number of benzene rings is 2. The van der Waals surface area contributed by atoms with Gasteiger partial charge in [0.25, 0.3) is 5.91 Å². The molecular weight excluding hydrogens is 420 g/mol. The molecule has 0 unspecified atom stereocenters. The Morgan fingerprint density at radius 1 is 1.06 bits per heavy atom. The molecule has 32 heavy (non-hydrogen) atoms. The van der Waals surface area contributed by atoms with E-state index in [-0.39, 0.29) is 5.91 Å². The highest BCUT2D eigenvalue weighted by Gasteiger charge is 2.19. The molecule has 5 heteroatoms.